The number of alkyl halides is 2. The molecule has 5 heteroatoms. The predicted octanol–water partition coefficient (Wildman–Crippen LogP) is 2.32. The van der Waals surface area contributed by atoms with Crippen LogP contribution in [-0.4, -0.2) is 30.7 Å². The molecule has 0 fully saturated rings. The summed E-state index contributed by atoms with van der Waals surface area (Å²) in [5.74, 6) is -2.16. The van der Waals surface area contributed by atoms with Gasteiger partial charge in [-0.05, 0) is 31.9 Å². The van der Waals surface area contributed by atoms with Crippen LogP contribution in [0, 0.1) is 5.92 Å². The molecule has 0 amide bonds. The molecule has 100 valence electrons. The van der Waals surface area contributed by atoms with E-state index in [4.69, 9.17) is 4.74 Å². The molecule has 0 aromatic rings. The fraction of sp³-hybridized carbons (Fsp3) is 0.538. The summed E-state index contributed by atoms with van der Waals surface area (Å²) in [6.07, 6.45) is 0.224. The Kier molecular flexibility index (Phi) is 5.19. The van der Waals surface area contributed by atoms with Gasteiger partial charge in [0.05, 0.1) is 6.61 Å². The Hall–Kier alpha value is -1.52. The highest BCUT2D eigenvalue weighted by Crippen LogP contribution is 2.26. The highest BCUT2D eigenvalue weighted by atomic mass is 19.2. The lowest BCUT2D eigenvalue weighted by Gasteiger charge is -2.20. The van der Waals surface area contributed by atoms with Gasteiger partial charge in [0.1, 0.15) is 11.7 Å². The van der Waals surface area contributed by atoms with Gasteiger partial charge in [0.15, 0.2) is 12.3 Å². The fourth-order valence-electron chi connectivity index (χ4n) is 1.73. The molecule has 3 atom stereocenters. The number of ketones is 1. The molecule has 0 aliphatic heterocycles. The fourth-order valence-corrected chi connectivity index (χ4v) is 1.73. The molecule has 0 N–H and O–H groups in total. The van der Waals surface area contributed by atoms with Gasteiger partial charge >= 0.3 is 5.97 Å². The van der Waals surface area contributed by atoms with Gasteiger partial charge in [-0.2, -0.15) is 0 Å². The first kappa shape index (κ1) is 14.5. The van der Waals surface area contributed by atoms with Crippen molar-refractivity contribution in [3.8, 4) is 0 Å². The highest BCUT2D eigenvalue weighted by Gasteiger charge is 2.31. The molecule has 0 aromatic carbocycles. The van der Waals surface area contributed by atoms with Crippen LogP contribution in [0.5, 0.6) is 0 Å². The molecule has 3 unspecified atom stereocenters. The van der Waals surface area contributed by atoms with Crippen molar-refractivity contribution in [1.29, 1.82) is 0 Å². The molecule has 3 nitrogen and oxygen atoms in total. The maximum Gasteiger partial charge on any atom is 0.316 e. The van der Waals surface area contributed by atoms with E-state index < -0.39 is 30.0 Å². The number of hydrogen-bond acceptors (Lipinski definition) is 3. The lowest BCUT2D eigenvalue weighted by molar-refractivity contribution is -0.151. The topological polar surface area (TPSA) is 43.4 Å². The summed E-state index contributed by atoms with van der Waals surface area (Å²) in [6.45, 7) is 3.00. The van der Waals surface area contributed by atoms with E-state index in [2.05, 4.69) is 0 Å². The van der Waals surface area contributed by atoms with Crippen LogP contribution in [0.15, 0.2) is 23.8 Å². The first-order valence-corrected chi connectivity index (χ1v) is 5.79. The van der Waals surface area contributed by atoms with Crippen LogP contribution in [0.1, 0.15) is 20.3 Å². The van der Waals surface area contributed by atoms with Crippen LogP contribution in [0.2, 0.25) is 0 Å². The number of rotatable bonds is 5. The van der Waals surface area contributed by atoms with Gasteiger partial charge in [-0.25, -0.2) is 8.78 Å². The standard InChI is InChI=1S/C13H16F2O3/c1-3-18-13(17)10(8(2)16)7-9-5-4-6-11(14)12(9)15/h4-6,10-12H,3,7H2,1-2H3. The molecule has 0 saturated heterocycles. The number of allylic oxidation sites excluding steroid dienone is 4. The molecule has 1 aliphatic carbocycles. The van der Waals surface area contributed by atoms with Crippen LogP contribution in [0.4, 0.5) is 8.78 Å². The van der Waals surface area contributed by atoms with E-state index in [0.29, 0.717) is 0 Å². The van der Waals surface area contributed by atoms with Crippen LogP contribution in [0.25, 0.3) is 0 Å². The predicted molar refractivity (Wildman–Crippen MR) is 62.4 cm³/mol. The zero-order valence-corrected chi connectivity index (χ0v) is 10.4. The monoisotopic (exact) mass is 258 g/mol. The molecule has 0 bridgehead atoms. The minimum Gasteiger partial charge on any atom is -0.465 e. The Morgan fingerprint density at radius 1 is 1.44 bits per heavy atom. The summed E-state index contributed by atoms with van der Waals surface area (Å²) in [6, 6.07) is 0. The molecule has 1 aliphatic rings. The van der Waals surface area contributed by atoms with E-state index in [0.717, 1.165) is 6.08 Å². The van der Waals surface area contributed by atoms with E-state index in [-0.39, 0.29) is 18.6 Å². The average Bonchev–Trinajstić information content (AvgIpc) is 2.30. The molecule has 0 radical (unpaired) electrons. The normalized spacial score (nSPS) is 24.3. The van der Waals surface area contributed by atoms with E-state index in [1.807, 2.05) is 0 Å². The Balaban J connectivity index is 2.78. The van der Waals surface area contributed by atoms with Gasteiger partial charge in [0, 0.05) is 0 Å². The van der Waals surface area contributed by atoms with Crippen molar-refractivity contribution in [3.05, 3.63) is 23.8 Å². The molecular formula is C13H16F2O3. The Bertz CT molecular complexity index is 388. The van der Waals surface area contributed by atoms with Crippen molar-refractivity contribution in [3.63, 3.8) is 0 Å². The lowest BCUT2D eigenvalue weighted by Crippen LogP contribution is -2.29. The van der Waals surface area contributed by atoms with Crippen LogP contribution < -0.4 is 0 Å². The second kappa shape index (κ2) is 6.42. The Labute approximate surface area is 105 Å². The number of carbonyl (C=O) groups excluding carboxylic acids is 2. The van der Waals surface area contributed by atoms with Gasteiger partial charge in [-0.15, -0.1) is 0 Å². The first-order chi connectivity index (χ1) is 8.47. The molecule has 0 aromatic heterocycles. The van der Waals surface area contributed by atoms with Crippen molar-refractivity contribution in [2.45, 2.75) is 32.6 Å². The van der Waals surface area contributed by atoms with Crippen molar-refractivity contribution in [2.24, 2.45) is 5.92 Å². The Morgan fingerprint density at radius 2 is 2.11 bits per heavy atom. The minimum atomic E-state index is -1.80. The van der Waals surface area contributed by atoms with Crippen LogP contribution in [0.3, 0.4) is 0 Å². The Morgan fingerprint density at radius 3 is 2.67 bits per heavy atom. The van der Waals surface area contributed by atoms with Crippen molar-refractivity contribution >= 4 is 11.8 Å². The maximum atomic E-state index is 13.6. The van der Waals surface area contributed by atoms with Gasteiger partial charge < -0.3 is 4.74 Å². The second-order valence-corrected chi connectivity index (χ2v) is 4.09. The third-order valence-corrected chi connectivity index (χ3v) is 2.74. The van der Waals surface area contributed by atoms with Gasteiger partial charge in [-0.1, -0.05) is 12.2 Å². The van der Waals surface area contributed by atoms with E-state index in [1.165, 1.54) is 19.1 Å². The van der Waals surface area contributed by atoms with Crippen LogP contribution in [-0.2, 0) is 14.3 Å². The molecule has 18 heavy (non-hydrogen) atoms. The summed E-state index contributed by atoms with van der Waals surface area (Å²) in [4.78, 5) is 22.9. The summed E-state index contributed by atoms with van der Waals surface area (Å²) >= 11 is 0. The average molecular weight is 258 g/mol. The number of ether oxygens (including phenoxy) is 1. The quantitative estimate of drug-likeness (QED) is 0.561. The number of esters is 1. The number of halogens is 2. The van der Waals surface area contributed by atoms with Crippen molar-refractivity contribution in [1.82, 2.24) is 0 Å². The third-order valence-electron chi connectivity index (χ3n) is 2.74. The molecular weight excluding hydrogens is 242 g/mol. The lowest BCUT2D eigenvalue weighted by atomic mass is 9.90. The highest BCUT2D eigenvalue weighted by molar-refractivity contribution is 5.98. The largest absolute Gasteiger partial charge is 0.465 e. The number of carbonyl (C=O) groups is 2. The summed E-state index contributed by atoms with van der Waals surface area (Å²) in [5.41, 5.74) is 0.109. The molecule has 0 heterocycles. The second-order valence-electron chi connectivity index (χ2n) is 4.09. The SMILES string of the molecule is CCOC(=O)C(CC1=CC=CC(F)C1F)C(C)=O. The molecule has 1 rings (SSSR count). The van der Waals surface area contributed by atoms with Crippen molar-refractivity contribution in [2.75, 3.05) is 6.61 Å². The van der Waals surface area contributed by atoms with Gasteiger partial charge in [0.2, 0.25) is 0 Å². The van der Waals surface area contributed by atoms with Gasteiger partial charge in [-0.3, -0.25) is 9.59 Å². The third kappa shape index (κ3) is 3.48. The minimum absolute atomic E-state index is 0.109. The van der Waals surface area contributed by atoms with Crippen LogP contribution >= 0.6 is 0 Å². The van der Waals surface area contributed by atoms with Gasteiger partial charge in [0.25, 0.3) is 0 Å². The molecule has 0 spiro atoms. The van der Waals surface area contributed by atoms with E-state index >= 15 is 0 Å². The van der Waals surface area contributed by atoms with E-state index in [9.17, 15) is 18.4 Å². The first-order valence-electron chi connectivity index (χ1n) is 5.79. The molecule has 0 saturated carbocycles. The summed E-state index contributed by atoms with van der Waals surface area (Å²) in [7, 11) is 0. The maximum absolute atomic E-state index is 13.6. The summed E-state index contributed by atoms with van der Waals surface area (Å²) < 4.78 is 31.4. The zero-order chi connectivity index (χ0) is 13.7. The number of hydrogen-bond donors (Lipinski definition) is 0. The van der Waals surface area contributed by atoms with E-state index in [1.54, 1.807) is 6.92 Å². The van der Waals surface area contributed by atoms with Crippen molar-refractivity contribution < 1.29 is 23.1 Å². The summed E-state index contributed by atoms with van der Waals surface area (Å²) in [5, 5.41) is 0. The number of Topliss-reactive ketones (excluding diaryl/α,β-unsaturated/α-hetero) is 1. The smallest absolute Gasteiger partial charge is 0.316 e. The zero-order valence-electron chi connectivity index (χ0n) is 10.4.